The molecule has 2 unspecified atom stereocenters. The summed E-state index contributed by atoms with van der Waals surface area (Å²) in [6.45, 7) is 11.2. The highest BCUT2D eigenvalue weighted by atomic mass is 14.3. The van der Waals surface area contributed by atoms with Gasteiger partial charge in [-0.15, -0.1) is 0 Å². The minimum Gasteiger partial charge on any atom is -0.0796 e. The molecule has 0 aromatic rings. The molecular formula is C10H21B. The van der Waals surface area contributed by atoms with E-state index in [0.717, 1.165) is 12.3 Å². The average molecular weight is 152 g/mol. The second kappa shape index (κ2) is 4.18. The minimum atomic E-state index is 0.336. The van der Waals surface area contributed by atoms with Gasteiger partial charge in [0.15, 0.2) is 0 Å². The fourth-order valence-electron chi connectivity index (χ4n) is 1.52. The molecule has 0 N–H and O–H groups in total. The Morgan fingerprint density at radius 1 is 1.27 bits per heavy atom. The van der Waals surface area contributed by atoms with E-state index in [-0.39, 0.29) is 0 Å². The Balaban J connectivity index is 4.10. The van der Waals surface area contributed by atoms with Gasteiger partial charge in [0.25, 0.3) is 0 Å². The van der Waals surface area contributed by atoms with E-state index >= 15 is 0 Å². The van der Waals surface area contributed by atoms with E-state index < -0.39 is 0 Å². The van der Waals surface area contributed by atoms with Gasteiger partial charge in [-0.25, -0.2) is 0 Å². The van der Waals surface area contributed by atoms with Crippen LogP contribution in [0.25, 0.3) is 0 Å². The van der Waals surface area contributed by atoms with Crippen molar-refractivity contribution in [3.8, 4) is 0 Å². The molecule has 2 atom stereocenters. The van der Waals surface area contributed by atoms with E-state index in [2.05, 4.69) is 34.6 Å². The minimum absolute atomic E-state index is 0.336. The van der Waals surface area contributed by atoms with Gasteiger partial charge in [0.2, 0.25) is 0 Å². The number of hydrogen-bond acceptors (Lipinski definition) is 0. The van der Waals surface area contributed by atoms with E-state index in [1.807, 2.05) is 0 Å². The van der Waals surface area contributed by atoms with Gasteiger partial charge in [-0.2, -0.15) is 0 Å². The first-order valence-electron chi connectivity index (χ1n) is 4.68. The summed E-state index contributed by atoms with van der Waals surface area (Å²) in [4.78, 5) is 0. The fraction of sp³-hybridized carbons (Fsp3) is 1.00. The van der Waals surface area contributed by atoms with E-state index in [9.17, 15) is 0 Å². The lowest BCUT2D eigenvalue weighted by Crippen LogP contribution is -2.23. The van der Waals surface area contributed by atoms with Crippen LogP contribution < -0.4 is 0 Å². The highest BCUT2D eigenvalue weighted by Gasteiger charge is 2.26. The first-order chi connectivity index (χ1) is 4.92. The first-order valence-corrected chi connectivity index (χ1v) is 4.68. The maximum Gasteiger partial charge on any atom is 0.0696 e. The van der Waals surface area contributed by atoms with Crippen molar-refractivity contribution in [3.63, 3.8) is 0 Å². The number of hydrogen-bond donors (Lipinski definition) is 0. The second-order valence-corrected chi connectivity index (χ2v) is 4.34. The molecule has 0 fully saturated rings. The van der Waals surface area contributed by atoms with Crippen LogP contribution in [0, 0.1) is 11.3 Å². The molecule has 0 spiro atoms. The van der Waals surface area contributed by atoms with E-state index in [1.54, 1.807) is 0 Å². The van der Waals surface area contributed by atoms with Crippen molar-refractivity contribution in [1.29, 1.82) is 0 Å². The van der Waals surface area contributed by atoms with Crippen LogP contribution in [0.1, 0.15) is 47.5 Å². The molecule has 0 heterocycles. The summed E-state index contributed by atoms with van der Waals surface area (Å²) in [7, 11) is 5.79. The summed E-state index contributed by atoms with van der Waals surface area (Å²) in [6, 6.07) is 0. The molecule has 0 aromatic heterocycles. The Labute approximate surface area is 73.2 Å². The summed E-state index contributed by atoms with van der Waals surface area (Å²) in [6.07, 6.45) is 2.37. The molecule has 64 valence electrons. The van der Waals surface area contributed by atoms with Gasteiger partial charge in [0.1, 0.15) is 0 Å². The van der Waals surface area contributed by atoms with Crippen molar-refractivity contribution in [2.45, 2.75) is 53.3 Å². The first kappa shape index (κ1) is 11.1. The third-order valence-corrected chi connectivity index (χ3v) is 2.99. The summed E-state index contributed by atoms with van der Waals surface area (Å²) >= 11 is 0. The predicted octanol–water partition coefficient (Wildman–Crippen LogP) is 3.43. The smallest absolute Gasteiger partial charge is 0.0696 e. The Morgan fingerprint density at radius 3 is 1.82 bits per heavy atom. The van der Waals surface area contributed by atoms with Gasteiger partial charge < -0.3 is 0 Å². The van der Waals surface area contributed by atoms with E-state index in [1.165, 1.54) is 6.42 Å². The van der Waals surface area contributed by atoms with Crippen molar-refractivity contribution in [2.24, 2.45) is 11.3 Å². The summed E-state index contributed by atoms with van der Waals surface area (Å²) in [5.41, 5.74) is 0.439. The highest BCUT2D eigenvalue weighted by Crippen LogP contribution is 2.37. The Kier molecular flexibility index (Phi) is 4.21. The van der Waals surface area contributed by atoms with Gasteiger partial charge in [0, 0.05) is 0 Å². The molecule has 0 amide bonds. The van der Waals surface area contributed by atoms with Crippen LogP contribution in [0.15, 0.2) is 0 Å². The van der Waals surface area contributed by atoms with Crippen molar-refractivity contribution in [1.82, 2.24) is 0 Å². The van der Waals surface area contributed by atoms with Gasteiger partial charge >= 0.3 is 0 Å². The quantitative estimate of drug-likeness (QED) is 0.541. The van der Waals surface area contributed by atoms with Gasteiger partial charge in [-0.05, 0) is 11.3 Å². The van der Waals surface area contributed by atoms with Crippen LogP contribution >= 0.6 is 0 Å². The fourth-order valence-corrected chi connectivity index (χ4v) is 1.52. The van der Waals surface area contributed by atoms with Crippen LogP contribution in [-0.2, 0) is 0 Å². The summed E-state index contributed by atoms with van der Waals surface area (Å²) in [5.74, 6) is 1.07. The number of rotatable bonds is 4. The lowest BCUT2D eigenvalue weighted by Gasteiger charge is -2.34. The molecule has 0 saturated heterocycles. The second-order valence-electron chi connectivity index (χ2n) is 4.34. The van der Waals surface area contributed by atoms with Crippen LogP contribution in [-0.4, -0.2) is 7.85 Å². The Bertz CT molecular complexity index is 107. The molecule has 1 heteroatoms. The molecule has 0 aromatic carbocycles. The average Bonchev–Trinajstić information content (AvgIpc) is 1.86. The standard InChI is InChI=1S/C10H21B/c1-6-10(5,8(2)3)7-9(4)11/h8-9H,6-7H2,1-5H3. The zero-order chi connectivity index (χ0) is 9.07. The Morgan fingerprint density at radius 2 is 1.73 bits per heavy atom. The largest absolute Gasteiger partial charge is 0.0796 e. The normalized spacial score (nSPS) is 19.8. The van der Waals surface area contributed by atoms with Crippen LogP contribution in [0.4, 0.5) is 0 Å². The molecule has 2 radical (unpaired) electrons. The molecule has 11 heavy (non-hydrogen) atoms. The van der Waals surface area contributed by atoms with Crippen LogP contribution in [0.5, 0.6) is 0 Å². The van der Waals surface area contributed by atoms with Gasteiger partial charge in [0.05, 0.1) is 7.85 Å². The summed E-state index contributed by atoms with van der Waals surface area (Å²) in [5, 5.41) is 0. The van der Waals surface area contributed by atoms with Crippen LogP contribution in [0.3, 0.4) is 0 Å². The topological polar surface area (TPSA) is 0 Å². The molecule has 0 aliphatic rings. The van der Waals surface area contributed by atoms with Crippen molar-refractivity contribution >= 4 is 7.85 Å². The van der Waals surface area contributed by atoms with E-state index in [4.69, 9.17) is 7.85 Å². The highest BCUT2D eigenvalue weighted by molar-refractivity contribution is 6.11. The SMILES string of the molecule is [B]C(C)CC(C)(CC)C(C)C. The third kappa shape index (κ3) is 3.31. The zero-order valence-corrected chi connectivity index (χ0v) is 8.65. The van der Waals surface area contributed by atoms with Crippen molar-refractivity contribution < 1.29 is 0 Å². The third-order valence-electron chi connectivity index (χ3n) is 2.99. The van der Waals surface area contributed by atoms with Gasteiger partial charge in [-0.1, -0.05) is 53.3 Å². The molecule has 0 nitrogen and oxygen atoms in total. The molecule has 0 aliphatic carbocycles. The predicted molar refractivity (Wildman–Crippen MR) is 53.0 cm³/mol. The van der Waals surface area contributed by atoms with Crippen molar-refractivity contribution in [2.75, 3.05) is 0 Å². The van der Waals surface area contributed by atoms with Gasteiger partial charge in [-0.3, -0.25) is 0 Å². The Hall–Kier alpha value is 0.0649. The molecular weight excluding hydrogens is 131 g/mol. The monoisotopic (exact) mass is 152 g/mol. The lowest BCUT2D eigenvalue weighted by molar-refractivity contribution is 0.189. The maximum absolute atomic E-state index is 5.79. The molecule has 0 rings (SSSR count). The lowest BCUT2D eigenvalue weighted by atomic mass is 9.67. The van der Waals surface area contributed by atoms with E-state index in [0.29, 0.717) is 11.2 Å². The van der Waals surface area contributed by atoms with Crippen molar-refractivity contribution in [3.05, 3.63) is 0 Å². The molecule has 0 bridgehead atoms. The molecule has 0 saturated carbocycles. The zero-order valence-electron chi connectivity index (χ0n) is 8.65. The maximum atomic E-state index is 5.79. The molecule has 0 aliphatic heterocycles. The van der Waals surface area contributed by atoms with Crippen LogP contribution in [0.2, 0.25) is 5.82 Å². The summed E-state index contributed by atoms with van der Waals surface area (Å²) < 4.78 is 0.